The van der Waals surface area contributed by atoms with Crippen molar-refractivity contribution in [2.24, 2.45) is 0 Å². The van der Waals surface area contributed by atoms with Crippen molar-refractivity contribution in [3.63, 3.8) is 0 Å². The Bertz CT molecular complexity index is 473. The third kappa shape index (κ3) is 3.57. The highest BCUT2D eigenvalue weighted by Crippen LogP contribution is 2.17. The van der Waals surface area contributed by atoms with Gasteiger partial charge in [-0.05, 0) is 29.7 Å². The zero-order valence-corrected chi connectivity index (χ0v) is 11.0. The number of rotatable bonds is 5. The predicted octanol–water partition coefficient (Wildman–Crippen LogP) is 2.88. The van der Waals surface area contributed by atoms with Gasteiger partial charge in [0.25, 0.3) is 0 Å². The van der Waals surface area contributed by atoms with Gasteiger partial charge in [0.05, 0.1) is 19.3 Å². The summed E-state index contributed by atoms with van der Waals surface area (Å²) in [5.74, 6) is -0.423. The molecule has 0 aliphatic carbocycles. The Morgan fingerprint density at radius 1 is 1.39 bits per heavy atom. The molecule has 0 unspecified atom stereocenters. The number of methoxy groups -OCH3 is 2. The summed E-state index contributed by atoms with van der Waals surface area (Å²) in [6.45, 7) is 6.20. The van der Waals surface area contributed by atoms with Crippen LogP contribution in [0.3, 0.4) is 0 Å². The molecule has 0 aliphatic rings. The SMILES string of the molecule is C=C(/C=C\c1c(C)cccc1COC)C(=O)OC. The lowest BCUT2D eigenvalue weighted by Gasteiger charge is -2.08. The maximum Gasteiger partial charge on any atom is 0.337 e. The molecule has 0 bridgehead atoms. The number of benzene rings is 1. The van der Waals surface area contributed by atoms with E-state index in [2.05, 4.69) is 11.3 Å². The van der Waals surface area contributed by atoms with Gasteiger partial charge in [0.1, 0.15) is 0 Å². The topological polar surface area (TPSA) is 35.5 Å². The first-order valence-corrected chi connectivity index (χ1v) is 5.63. The van der Waals surface area contributed by atoms with Crippen molar-refractivity contribution in [1.29, 1.82) is 0 Å². The molecule has 0 amide bonds. The Hall–Kier alpha value is -1.87. The van der Waals surface area contributed by atoms with Crippen LogP contribution < -0.4 is 0 Å². The molecule has 0 heterocycles. The standard InChI is InChI=1S/C15H18O3/c1-11-6-5-7-13(10-17-3)14(11)9-8-12(2)15(16)18-4/h5-9H,2,10H2,1,3-4H3/b9-8-. The summed E-state index contributed by atoms with van der Waals surface area (Å²) in [7, 11) is 2.99. The Labute approximate surface area is 108 Å². The molecule has 0 saturated heterocycles. The van der Waals surface area contributed by atoms with Gasteiger partial charge in [-0.1, -0.05) is 30.9 Å². The zero-order chi connectivity index (χ0) is 13.5. The minimum Gasteiger partial charge on any atom is -0.465 e. The Morgan fingerprint density at radius 2 is 2.11 bits per heavy atom. The number of esters is 1. The molecule has 96 valence electrons. The molecule has 0 aromatic heterocycles. The molecule has 0 N–H and O–H groups in total. The molecule has 1 aromatic carbocycles. The fourth-order valence-electron chi connectivity index (χ4n) is 1.64. The van der Waals surface area contributed by atoms with Gasteiger partial charge in [-0.15, -0.1) is 0 Å². The Kier molecular flexibility index (Phi) is 5.33. The van der Waals surface area contributed by atoms with Gasteiger partial charge in [0.15, 0.2) is 0 Å². The Morgan fingerprint density at radius 3 is 2.72 bits per heavy atom. The molecule has 0 radical (unpaired) electrons. The largest absolute Gasteiger partial charge is 0.465 e. The molecule has 3 nitrogen and oxygen atoms in total. The van der Waals surface area contributed by atoms with Gasteiger partial charge in [-0.25, -0.2) is 4.79 Å². The summed E-state index contributed by atoms with van der Waals surface area (Å²) in [6, 6.07) is 5.99. The molecule has 0 spiro atoms. The zero-order valence-electron chi connectivity index (χ0n) is 11.0. The van der Waals surface area contributed by atoms with Gasteiger partial charge in [0.2, 0.25) is 0 Å². The monoisotopic (exact) mass is 246 g/mol. The maximum atomic E-state index is 11.2. The highest BCUT2D eigenvalue weighted by atomic mass is 16.5. The number of aryl methyl sites for hydroxylation is 1. The molecule has 0 saturated carbocycles. The first kappa shape index (κ1) is 14.2. The summed E-state index contributed by atoms with van der Waals surface area (Å²) in [6.07, 6.45) is 3.52. The predicted molar refractivity (Wildman–Crippen MR) is 72.1 cm³/mol. The van der Waals surface area contributed by atoms with E-state index < -0.39 is 5.97 Å². The third-order valence-corrected chi connectivity index (χ3v) is 2.61. The number of hydrogen-bond donors (Lipinski definition) is 0. The van der Waals surface area contributed by atoms with Crippen LogP contribution in [-0.2, 0) is 20.9 Å². The van der Waals surface area contributed by atoms with Crippen LogP contribution in [0.15, 0.2) is 36.4 Å². The highest BCUT2D eigenvalue weighted by molar-refractivity contribution is 5.92. The first-order chi connectivity index (χ1) is 8.60. The van der Waals surface area contributed by atoms with Crippen molar-refractivity contribution in [2.45, 2.75) is 13.5 Å². The van der Waals surface area contributed by atoms with Gasteiger partial charge >= 0.3 is 5.97 Å². The second kappa shape index (κ2) is 6.77. The summed E-state index contributed by atoms with van der Waals surface area (Å²) in [4.78, 5) is 11.2. The Balaban J connectivity index is 2.99. The van der Waals surface area contributed by atoms with Crippen LogP contribution in [-0.4, -0.2) is 20.2 Å². The summed E-state index contributed by atoms with van der Waals surface area (Å²) in [5.41, 5.74) is 3.57. The number of carbonyl (C=O) groups is 1. The van der Waals surface area contributed by atoms with E-state index in [1.807, 2.05) is 31.2 Å². The van der Waals surface area contributed by atoms with Gasteiger partial charge in [-0.3, -0.25) is 0 Å². The molecule has 18 heavy (non-hydrogen) atoms. The van der Waals surface area contributed by atoms with Gasteiger partial charge in [0, 0.05) is 7.11 Å². The van der Waals surface area contributed by atoms with Crippen molar-refractivity contribution >= 4 is 12.0 Å². The highest BCUT2D eigenvalue weighted by Gasteiger charge is 2.05. The van der Waals surface area contributed by atoms with E-state index in [-0.39, 0.29) is 0 Å². The molecule has 0 atom stereocenters. The van der Waals surface area contributed by atoms with E-state index in [4.69, 9.17) is 4.74 Å². The van der Waals surface area contributed by atoms with E-state index in [1.165, 1.54) is 7.11 Å². The molecule has 0 fully saturated rings. The minimum absolute atomic E-state index is 0.323. The van der Waals surface area contributed by atoms with Crippen LogP contribution in [0.2, 0.25) is 0 Å². The third-order valence-electron chi connectivity index (χ3n) is 2.61. The molecule has 1 aromatic rings. The fourth-order valence-corrected chi connectivity index (χ4v) is 1.64. The van der Waals surface area contributed by atoms with Crippen molar-refractivity contribution in [1.82, 2.24) is 0 Å². The molecular formula is C15H18O3. The second-order valence-corrected chi connectivity index (χ2v) is 3.93. The van der Waals surface area contributed by atoms with Crippen LogP contribution >= 0.6 is 0 Å². The van der Waals surface area contributed by atoms with Crippen LogP contribution in [0.5, 0.6) is 0 Å². The van der Waals surface area contributed by atoms with Crippen LogP contribution in [0.4, 0.5) is 0 Å². The van der Waals surface area contributed by atoms with Crippen molar-refractivity contribution in [3.05, 3.63) is 53.1 Å². The van der Waals surface area contributed by atoms with Crippen molar-refractivity contribution in [3.8, 4) is 0 Å². The van der Waals surface area contributed by atoms with Gasteiger partial charge in [-0.2, -0.15) is 0 Å². The van der Waals surface area contributed by atoms with Crippen molar-refractivity contribution in [2.75, 3.05) is 14.2 Å². The van der Waals surface area contributed by atoms with Gasteiger partial charge < -0.3 is 9.47 Å². The fraction of sp³-hybridized carbons (Fsp3) is 0.267. The molecule has 1 rings (SSSR count). The summed E-state index contributed by atoms with van der Waals surface area (Å²) >= 11 is 0. The van der Waals surface area contributed by atoms with E-state index in [9.17, 15) is 4.79 Å². The average molecular weight is 246 g/mol. The minimum atomic E-state index is -0.423. The average Bonchev–Trinajstić information content (AvgIpc) is 2.37. The van der Waals surface area contributed by atoms with Crippen molar-refractivity contribution < 1.29 is 14.3 Å². The number of hydrogen-bond acceptors (Lipinski definition) is 3. The molecular weight excluding hydrogens is 228 g/mol. The maximum absolute atomic E-state index is 11.2. The van der Waals surface area contributed by atoms with E-state index in [0.29, 0.717) is 12.2 Å². The molecule has 0 aliphatic heterocycles. The lowest BCUT2D eigenvalue weighted by atomic mass is 10.0. The quantitative estimate of drug-likeness (QED) is 0.455. The lowest BCUT2D eigenvalue weighted by molar-refractivity contribution is -0.135. The smallest absolute Gasteiger partial charge is 0.337 e. The second-order valence-electron chi connectivity index (χ2n) is 3.93. The van der Waals surface area contributed by atoms with E-state index >= 15 is 0 Å². The number of carbonyl (C=O) groups excluding carboxylic acids is 1. The van der Waals surface area contributed by atoms with Crippen LogP contribution in [0.25, 0.3) is 6.08 Å². The normalized spacial score (nSPS) is 10.6. The number of ether oxygens (including phenoxy) is 2. The lowest BCUT2D eigenvalue weighted by Crippen LogP contribution is -2.01. The first-order valence-electron chi connectivity index (χ1n) is 5.63. The van der Waals surface area contributed by atoms with E-state index in [0.717, 1.165) is 16.7 Å². The molecule has 3 heteroatoms. The van der Waals surface area contributed by atoms with E-state index in [1.54, 1.807) is 13.2 Å². The summed E-state index contributed by atoms with van der Waals surface area (Å²) < 4.78 is 9.75. The van der Waals surface area contributed by atoms with Crippen LogP contribution in [0.1, 0.15) is 16.7 Å². The summed E-state index contributed by atoms with van der Waals surface area (Å²) in [5, 5.41) is 0. The van der Waals surface area contributed by atoms with Crippen LogP contribution in [0, 0.1) is 6.92 Å².